The summed E-state index contributed by atoms with van der Waals surface area (Å²) in [5, 5.41) is 0. The first-order valence-electron chi connectivity index (χ1n) is 9.94. The van der Waals surface area contributed by atoms with Gasteiger partial charge in [-0.15, -0.1) is 0 Å². The zero-order chi connectivity index (χ0) is 20.9. The molecule has 156 valence electrons. The van der Waals surface area contributed by atoms with E-state index in [9.17, 15) is 4.79 Å². The van der Waals surface area contributed by atoms with Gasteiger partial charge in [0, 0.05) is 11.8 Å². The van der Waals surface area contributed by atoms with Gasteiger partial charge in [-0.1, -0.05) is 38.3 Å². The molecule has 29 heavy (non-hydrogen) atoms. The largest absolute Gasteiger partial charge is 0.494 e. The lowest BCUT2D eigenvalue weighted by Crippen LogP contribution is -2.11. The number of nitrogens with two attached hydrogens (primary N) is 2. The van der Waals surface area contributed by atoms with Crippen LogP contribution in [0.4, 0.5) is 11.4 Å². The molecule has 4 N–H and O–H groups in total. The standard InChI is InChI=1S/C23H30N2O4/c1-2-3-4-5-14-27-20-10-6-18(7-11-20)8-13-23(26)29-16-15-28-22-12-9-19(24)17-21(22)25/h6-13,17H,2-5,14-16,24-25H2,1H3. The molecular weight excluding hydrogens is 368 g/mol. The number of carbonyl (C=O) groups is 1. The van der Waals surface area contributed by atoms with E-state index in [1.54, 1.807) is 24.3 Å². The van der Waals surface area contributed by atoms with E-state index in [1.165, 1.54) is 25.3 Å². The summed E-state index contributed by atoms with van der Waals surface area (Å²) < 4.78 is 16.3. The third kappa shape index (κ3) is 8.60. The fourth-order valence-corrected chi connectivity index (χ4v) is 2.60. The lowest BCUT2D eigenvalue weighted by molar-refractivity contribution is -0.138. The molecule has 0 aliphatic heterocycles. The van der Waals surface area contributed by atoms with Gasteiger partial charge < -0.3 is 25.7 Å². The quantitative estimate of drug-likeness (QED) is 0.237. The molecular formula is C23H30N2O4. The molecule has 0 radical (unpaired) electrons. The van der Waals surface area contributed by atoms with Crippen LogP contribution >= 0.6 is 0 Å². The van der Waals surface area contributed by atoms with Crippen LogP contribution in [0.2, 0.25) is 0 Å². The summed E-state index contributed by atoms with van der Waals surface area (Å²) in [6, 6.07) is 12.6. The third-order valence-corrected chi connectivity index (χ3v) is 4.18. The second-order valence-corrected chi connectivity index (χ2v) is 6.62. The molecule has 0 heterocycles. The summed E-state index contributed by atoms with van der Waals surface area (Å²) >= 11 is 0. The summed E-state index contributed by atoms with van der Waals surface area (Å²) in [5.41, 5.74) is 13.3. The average molecular weight is 399 g/mol. The lowest BCUT2D eigenvalue weighted by Gasteiger charge is -2.09. The van der Waals surface area contributed by atoms with Crippen molar-refractivity contribution in [3.8, 4) is 11.5 Å². The summed E-state index contributed by atoms with van der Waals surface area (Å²) in [6.07, 6.45) is 7.80. The van der Waals surface area contributed by atoms with E-state index in [4.69, 9.17) is 25.7 Å². The van der Waals surface area contributed by atoms with E-state index in [0.29, 0.717) is 17.1 Å². The minimum Gasteiger partial charge on any atom is -0.494 e. The lowest BCUT2D eigenvalue weighted by atomic mass is 10.2. The maximum Gasteiger partial charge on any atom is 0.330 e. The van der Waals surface area contributed by atoms with Gasteiger partial charge >= 0.3 is 5.97 Å². The number of hydrogen-bond donors (Lipinski definition) is 2. The van der Waals surface area contributed by atoms with Crippen molar-refractivity contribution in [1.82, 2.24) is 0 Å². The molecule has 0 aromatic heterocycles. The first-order chi connectivity index (χ1) is 14.1. The van der Waals surface area contributed by atoms with Crippen molar-refractivity contribution < 1.29 is 19.0 Å². The number of ether oxygens (including phenoxy) is 3. The van der Waals surface area contributed by atoms with Crippen LogP contribution in [-0.2, 0) is 9.53 Å². The van der Waals surface area contributed by atoms with Gasteiger partial charge in [-0.2, -0.15) is 0 Å². The van der Waals surface area contributed by atoms with Crippen LogP contribution in [0.1, 0.15) is 38.2 Å². The van der Waals surface area contributed by atoms with Crippen LogP contribution in [-0.4, -0.2) is 25.8 Å². The van der Waals surface area contributed by atoms with Crippen molar-refractivity contribution in [3.05, 3.63) is 54.1 Å². The van der Waals surface area contributed by atoms with Crippen LogP contribution in [0, 0.1) is 0 Å². The summed E-state index contributed by atoms with van der Waals surface area (Å²) in [4.78, 5) is 11.8. The summed E-state index contributed by atoms with van der Waals surface area (Å²) in [5.74, 6) is 0.911. The molecule has 0 atom stereocenters. The third-order valence-electron chi connectivity index (χ3n) is 4.18. The average Bonchev–Trinajstić information content (AvgIpc) is 2.71. The van der Waals surface area contributed by atoms with E-state index in [1.807, 2.05) is 24.3 Å². The number of hydrogen-bond acceptors (Lipinski definition) is 6. The minimum atomic E-state index is -0.435. The maximum atomic E-state index is 11.8. The number of carbonyl (C=O) groups excluding carboxylic acids is 1. The summed E-state index contributed by atoms with van der Waals surface area (Å²) in [7, 11) is 0. The molecule has 2 aromatic carbocycles. The van der Waals surface area contributed by atoms with Gasteiger partial charge in [0.2, 0.25) is 0 Å². The Morgan fingerprint density at radius 3 is 2.45 bits per heavy atom. The highest BCUT2D eigenvalue weighted by Gasteiger charge is 2.02. The topological polar surface area (TPSA) is 96.8 Å². The Balaban J connectivity index is 1.66. The summed E-state index contributed by atoms with van der Waals surface area (Å²) in [6.45, 7) is 3.25. The highest BCUT2D eigenvalue weighted by molar-refractivity contribution is 5.87. The molecule has 0 fully saturated rings. The van der Waals surface area contributed by atoms with Crippen LogP contribution in [0.25, 0.3) is 6.08 Å². The Morgan fingerprint density at radius 1 is 0.931 bits per heavy atom. The number of benzene rings is 2. The molecule has 6 nitrogen and oxygen atoms in total. The predicted molar refractivity (Wildman–Crippen MR) is 117 cm³/mol. The number of anilines is 2. The molecule has 2 rings (SSSR count). The zero-order valence-electron chi connectivity index (χ0n) is 16.9. The highest BCUT2D eigenvalue weighted by atomic mass is 16.6. The normalized spacial score (nSPS) is 10.8. The maximum absolute atomic E-state index is 11.8. The molecule has 0 aliphatic carbocycles. The van der Waals surface area contributed by atoms with Crippen LogP contribution in [0.3, 0.4) is 0 Å². The van der Waals surface area contributed by atoms with Gasteiger partial charge in [0.05, 0.1) is 12.3 Å². The Labute approximate surface area is 172 Å². The fraction of sp³-hybridized carbons (Fsp3) is 0.348. The fourth-order valence-electron chi connectivity index (χ4n) is 2.60. The molecule has 0 aliphatic rings. The van der Waals surface area contributed by atoms with E-state index in [-0.39, 0.29) is 13.2 Å². The van der Waals surface area contributed by atoms with E-state index in [0.717, 1.165) is 24.3 Å². The van der Waals surface area contributed by atoms with E-state index >= 15 is 0 Å². The van der Waals surface area contributed by atoms with Crippen molar-refractivity contribution in [1.29, 1.82) is 0 Å². The van der Waals surface area contributed by atoms with Crippen molar-refractivity contribution in [2.75, 3.05) is 31.3 Å². The van der Waals surface area contributed by atoms with Crippen LogP contribution in [0.15, 0.2) is 48.5 Å². The van der Waals surface area contributed by atoms with Crippen molar-refractivity contribution in [2.45, 2.75) is 32.6 Å². The molecule has 0 saturated carbocycles. The SMILES string of the molecule is CCCCCCOc1ccc(C=CC(=O)OCCOc2ccc(N)cc2N)cc1. The van der Waals surface area contributed by atoms with Gasteiger partial charge in [0.1, 0.15) is 24.7 Å². The first-order valence-corrected chi connectivity index (χ1v) is 9.94. The molecule has 0 bridgehead atoms. The zero-order valence-corrected chi connectivity index (χ0v) is 16.9. The van der Waals surface area contributed by atoms with Gasteiger partial charge in [-0.05, 0) is 48.4 Å². The minimum absolute atomic E-state index is 0.123. The molecule has 6 heteroatoms. The van der Waals surface area contributed by atoms with E-state index in [2.05, 4.69) is 6.92 Å². The monoisotopic (exact) mass is 398 g/mol. The van der Waals surface area contributed by atoms with Gasteiger partial charge in [-0.25, -0.2) is 4.79 Å². The number of unbranched alkanes of at least 4 members (excludes halogenated alkanes) is 3. The smallest absolute Gasteiger partial charge is 0.330 e. The Hall–Kier alpha value is -3.15. The number of esters is 1. The second-order valence-electron chi connectivity index (χ2n) is 6.62. The Bertz CT molecular complexity index is 788. The van der Waals surface area contributed by atoms with Crippen molar-refractivity contribution in [2.24, 2.45) is 0 Å². The van der Waals surface area contributed by atoms with Gasteiger partial charge in [-0.3, -0.25) is 0 Å². The molecule has 0 amide bonds. The van der Waals surface area contributed by atoms with Crippen LogP contribution < -0.4 is 20.9 Å². The van der Waals surface area contributed by atoms with Crippen LogP contribution in [0.5, 0.6) is 11.5 Å². The molecule has 0 unspecified atom stereocenters. The Morgan fingerprint density at radius 2 is 1.72 bits per heavy atom. The molecule has 0 spiro atoms. The van der Waals surface area contributed by atoms with E-state index < -0.39 is 5.97 Å². The highest BCUT2D eigenvalue weighted by Crippen LogP contribution is 2.23. The van der Waals surface area contributed by atoms with Crippen molar-refractivity contribution in [3.63, 3.8) is 0 Å². The molecule has 2 aromatic rings. The number of nitrogen functional groups attached to an aromatic ring is 2. The molecule has 0 saturated heterocycles. The Kier molecular flexibility index (Phi) is 9.42. The first kappa shape index (κ1) is 22.1. The number of rotatable bonds is 12. The van der Waals surface area contributed by atoms with Crippen molar-refractivity contribution >= 4 is 23.4 Å². The van der Waals surface area contributed by atoms with Gasteiger partial charge in [0.25, 0.3) is 0 Å². The second kappa shape index (κ2) is 12.3. The predicted octanol–water partition coefficient (Wildman–Crippen LogP) is 4.45. The van der Waals surface area contributed by atoms with Gasteiger partial charge in [0.15, 0.2) is 0 Å².